The van der Waals surface area contributed by atoms with Gasteiger partial charge in [-0.2, -0.15) is 0 Å². The Balaban J connectivity index is 2.18. The monoisotopic (exact) mass is 226 g/mol. The van der Waals surface area contributed by atoms with Crippen LogP contribution >= 0.6 is 0 Å². The SMILES string of the molecule is CC(C)C1CCN(C(=O)CCCCCN)C1. The van der Waals surface area contributed by atoms with Crippen LogP contribution < -0.4 is 5.73 Å². The second-order valence-electron chi connectivity index (χ2n) is 5.23. The number of nitrogens with two attached hydrogens (primary N) is 1. The smallest absolute Gasteiger partial charge is 0.222 e. The first-order valence-electron chi connectivity index (χ1n) is 6.63. The van der Waals surface area contributed by atoms with Crippen LogP contribution in [0.1, 0.15) is 46.0 Å². The highest BCUT2D eigenvalue weighted by molar-refractivity contribution is 5.76. The Kier molecular flexibility index (Phi) is 5.81. The van der Waals surface area contributed by atoms with Gasteiger partial charge in [0.05, 0.1) is 0 Å². The van der Waals surface area contributed by atoms with Gasteiger partial charge in [0.15, 0.2) is 0 Å². The molecule has 0 radical (unpaired) electrons. The summed E-state index contributed by atoms with van der Waals surface area (Å²) in [5.74, 6) is 1.77. The van der Waals surface area contributed by atoms with E-state index in [2.05, 4.69) is 13.8 Å². The first-order valence-corrected chi connectivity index (χ1v) is 6.63. The predicted molar refractivity (Wildman–Crippen MR) is 67.0 cm³/mol. The molecule has 2 N–H and O–H groups in total. The molecule has 3 nitrogen and oxygen atoms in total. The first kappa shape index (κ1) is 13.5. The lowest BCUT2D eigenvalue weighted by atomic mass is 9.95. The molecule has 0 aromatic carbocycles. The standard InChI is InChI=1S/C13H26N2O/c1-11(2)12-7-9-15(10-12)13(16)6-4-3-5-8-14/h11-12H,3-10,14H2,1-2H3. The highest BCUT2D eigenvalue weighted by Crippen LogP contribution is 2.24. The quantitative estimate of drug-likeness (QED) is 0.704. The van der Waals surface area contributed by atoms with Crippen molar-refractivity contribution in [1.29, 1.82) is 0 Å². The summed E-state index contributed by atoms with van der Waals surface area (Å²) in [4.78, 5) is 13.9. The van der Waals surface area contributed by atoms with E-state index in [0.717, 1.165) is 38.9 Å². The fraction of sp³-hybridized carbons (Fsp3) is 0.923. The number of rotatable bonds is 6. The van der Waals surface area contributed by atoms with E-state index in [1.807, 2.05) is 4.90 Å². The summed E-state index contributed by atoms with van der Waals surface area (Å²) in [5, 5.41) is 0. The molecule has 0 aliphatic carbocycles. The fourth-order valence-corrected chi connectivity index (χ4v) is 2.31. The van der Waals surface area contributed by atoms with Gasteiger partial charge in [0.1, 0.15) is 0 Å². The number of amides is 1. The fourth-order valence-electron chi connectivity index (χ4n) is 2.31. The molecule has 16 heavy (non-hydrogen) atoms. The number of carbonyl (C=O) groups excluding carboxylic acids is 1. The van der Waals surface area contributed by atoms with Crippen molar-refractivity contribution < 1.29 is 4.79 Å². The summed E-state index contributed by atoms with van der Waals surface area (Å²) in [6, 6.07) is 0. The molecule has 1 atom stereocenters. The molecule has 0 bridgehead atoms. The molecule has 0 saturated carbocycles. The highest BCUT2D eigenvalue weighted by atomic mass is 16.2. The Hall–Kier alpha value is -0.570. The van der Waals surface area contributed by atoms with Crippen LogP contribution in [-0.4, -0.2) is 30.4 Å². The zero-order valence-electron chi connectivity index (χ0n) is 10.7. The third kappa shape index (κ3) is 4.12. The zero-order valence-corrected chi connectivity index (χ0v) is 10.7. The molecular formula is C13H26N2O. The maximum Gasteiger partial charge on any atom is 0.222 e. The number of likely N-dealkylation sites (tertiary alicyclic amines) is 1. The van der Waals surface area contributed by atoms with Gasteiger partial charge in [0, 0.05) is 19.5 Å². The molecule has 3 heteroatoms. The van der Waals surface area contributed by atoms with Gasteiger partial charge in [-0.1, -0.05) is 20.3 Å². The molecule has 1 heterocycles. The second-order valence-corrected chi connectivity index (χ2v) is 5.23. The molecule has 1 aliphatic rings. The molecule has 1 unspecified atom stereocenters. The van der Waals surface area contributed by atoms with Gasteiger partial charge in [-0.15, -0.1) is 0 Å². The van der Waals surface area contributed by atoms with E-state index < -0.39 is 0 Å². The highest BCUT2D eigenvalue weighted by Gasteiger charge is 2.27. The van der Waals surface area contributed by atoms with Crippen LogP contribution in [0.2, 0.25) is 0 Å². The third-order valence-corrected chi connectivity index (χ3v) is 3.61. The number of hydrogen-bond donors (Lipinski definition) is 1. The van der Waals surface area contributed by atoms with Gasteiger partial charge < -0.3 is 10.6 Å². The minimum atomic E-state index is 0.347. The van der Waals surface area contributed by atoms with Crippen LogP contribution in [0.25, 0.3) is 0 Å². The Morgan fingerprint density at radius 1 is 1.38 bits per heavy atom. The molecule has 0 aromatic rings. The molecular weight excluding hydrogens is 200 g/mol. The molecule has 1 saturated heterocycles. The Morgan fingerprint density at radius 2 is 2.12 bits per heavy atom. The predicted octanol–water partition coefficient (Wildman–Crippen LogP) is 2.01. The van der Waals surface area contributed by atoms with Crippen molar-refractivity contribution in [2.24, 2.45) is 17.6 Å². The van der Waals surface area contributed by atoms with E-state index in [1.54, 1.807) is 0 Å². The third-order valence-electron chi connectivity index (χ3n) is 3.61. The summed E-state index contributed by atoms with van der Waals surface area (Å²) >= 11 is 0. The van der Waals surface area contributed by atoms with Crippen molar-refractivity contribution >= 4 is 5.91 Å². The maximum absolute atomic E-state index is 11.9. The summed E-state index contributed by atoms with van der Waals surface area (Å²) in [6.07, 6.45) is 5.03. The number of nitrogens with zero attached hydrogens (tertiary/aromatic N) is 1. The van der Waals surface area contributed by atoms with Crippen LogP contribution in [0.3, 0.4) is 0 Å². The Labute approximate surface area is 99.4 Å². The van der Waals surface area contributed by atoms with E-state index in [1.165, 1.54) is 6.42 Å². The molecule has 1 amide bonds. The molecule has 1 rings (SSSR count). The summed E-state index contributed by atoms with van der Waals surface area (Å²) < 4.78 is 0. The Bertz CT molecular complexity index is 216. The zero-order chi connectivity index (χ0) is 12.0. The van der Waals surface area contributed by atoms with Crippen LogP contribution in [0.15, 0.2) is 0 Å². The van der Waals surface area contributed by atoms with E-state index in [9.17, 15) is 4.79 Å². The van der Waals surface area contributed by atoms with Crippen LogP contribution in [-0.2, 0) is 4.79 Å². The van der Waals surface area contributed by atoms with Gasteiger partial charge in [-0.05, 0) is 37.6 Å². The summed E-state index contributed by atoms with van der Waals surface area (Å²) in [7, 11) is 0. The van der Waals surface area contributed by atoms with E-state index in [0.29, 0.717) is 24.2 Å². The van der Waals surface area contributed by atoms with Gasteiger partial charge in [-0.3, -0.25) is 4.79 Å². The first-order chi connectivity index (χ1) is 7.65. The average Bonchev–Trinajstić information content (AvgIpc) is 2.73. The number of unbranched alkanes of at least 4 members (excludes halogenated alkanes) is 2. The number of carbonyl (C=O) groups is 1. The van der Waals surface area contributed by atoms with Crippen LogP contribution in [0.4, 0.5) is 0 Å². The summed E-state index contributed by atoms with van der Waals surface area (Å²) in [5.41, 5.74) is 5.42. The van der Waals surface area contributed by atoms with Gasteiger partial charge in [0.25, 0.3) is 0 Å². The topological polar surface area (TPSA) is 46.3 Å². The lowest BCUT2D eigenvalue weighted by Crippen LogP contribution is -2.29. The van der Waals surface area contributed by atoms with Gasteiger partial charge in [-0.25, -0.2) is 0 Å². The van der Waals surface area contributed by atoms with Crippen LogP contribution in [0, 0.1) is 11.8 Å². The minimum absolute atomic E-state index is 0.347. The molecule has 94 valence electrons. The van der Waals surface area contributed by atoms with Gasteiger partial charge in [0.2, 0.25) is 5.91 Å². The Morgan fingerprint density at radius 3 is 2.69 bits per heavy atom. The second kappa shape index (κ2) is 6.89. The lowest BCUT2D eigenvalue weighted by Gasteiger charge is -2.18. The van der Waals surface area contributed by atoms with Crippen molar-refractivity contribution in [3.05, 3.63) is 0 Å². The van der Waals surface area contributed by atoms with E-state index in [-0.39, 0.29) is 0 Å². The van der Waals surface area contributed by atoms with Crippen molar-refractivity contribution in [3.8, 4) is 0 Å². The van der Waals surface area contributed by atoms with Gasteiger partial charge >= 0.3 is 0 Å². The maximum atomic E-state index is 11.9. The van der Waals surface area contributed by atoms with E-state index >= 15 is 0 Å². The van der Waals surface area contributed by atoms with Crippen molar-refractivity contribution in [1.82, 2.24) is 4.90 Å². The van der Waals surface area contributed by atoms with E-state index in [4.69, 9.17) is 5.73 Å². The molecule has 1 fully saturated rings. The molecule has 0 aromatic heterocycles. The lowest BCUT2D eigenvalue weighted by molar-refractivity contribution is -0.130. The molecule has 0 spiro atoms. The summed E-state index contributed by atoms with van der Waals surface area (Å²) in [6.45, 7) is 7.19. The normalized spacial score (nSPS) is 20.8. The van der Waals surface area contributed by atoms with Crippen molar-refractivity contribution in [2.75, 3.05) is 19.6 Å². The number of hydrogen-bond acceptors (Lipinski definition) is 2. The average molecular weight is 226 g/mol. The van der Waals surface area contributed by atoms with Crippen molar-refractivity contribution in [2.45, 2.75) is 46.0 Å². The van der Waals surface area contributed by atoms with Crippen LogP contribution in [0.5, 0.6) is 0 Å². The largest absolute Gasteiger partial charge is 0.342 e. The van der Waals surface area contributed by atoms with Crippen molar-refractivity contribution in [3.63, 3.8) is 0 Å². The minimum Gasteiger partial charge on any atom is -0.342 e. The molecule has 1 aliphatic heterocycles.